The first-order valence-corrected chi connectivity index (χ1v) is 6.30. The molecule has 1 aliphatic rings. The Morgan fingerprint density at radius 3 is 3.00 bits per heavy atom. The van der Waals surface area contributed by atoms with Gasteiger partial charge in [0.25, 0.3) is 0 Å². The molecule has 0 aliphatic carbocycles. The Kier molecular flexibility index (Phi) is 3.62. The molecule has 0 spiro atoms. The molecule has 1 aromatic rings. The van der Waals surface area contributed by atoms with Crippen molar-refractivity contribution in [3.05, 3.63) is 42.4 Å². The van der Waals surface area contributed by atoms with E-state index in [2.05, 4.69) is 27.4 Å². The van der Waals surface area contributed by atoms with Gasteiger partial charge in [0.05, 0.1) is 5.69 Å². The Labute approximate surface area is 100 Å². The lowest BCUT2D eigenvalue weighted by Crippen LogP contribution is -2.20. The zero-order chi connectivity index (χ0) is 11.4. The van der Waals surface area contributed by atoms with Crippen molar-refractivity contribution in [3.63, 3.8) is 0 Å². The van der Waals surface area contributed by atoms with Crippen molar-refractivity contribution in [1.29, 1.82) is 0 Å². The van der Waals surface area contributed by atoms with Gasteiger partial charge in [-0.25, -0.2) is 0 Å². The maximum absolute atomic E-state index is 4.62. The van der Waals surface area contributed by atoms with Crippen molar-refractivity contribution < 1.29 is 0 Å². The van der Waals surface area contributed by atoms with Gasteiger partial charge < -0.3 is 0 Å². The van der Waals surface area contributed by atoms with Crippen LogP contribution in [-0.2, 0) is 0 Å². The van der Waals surface area contributed by atoms with Crippen LogP contribution in [-0.4, -0.2) is 20.8 Å². The normalized spacial score (nSPS) is 19.8. The Hall–Kier alpha value is -1.29. The topological polar surface area (TPSA) is 28.5 Å². The van der Waals surface area contributed by atoms with Crippen LogP contribution in [0.25, 0.3) is 0 Å². The molecule has 0 radical (unpaired) electrons. The summed E-state index contributed by atoms with van der Waals surface area (Å²) >= 11 is 1.76. The van der Waals surface area contributed by atoms with E-state index in [0.717, 1.165) is 17.2 Å². The molecule has 0 saturated heterocycles. The number of rotatable bonds is 3. The summed E-state index contributed by atoms with van der Waals surface area (Å²) in [6.07, 6.45) is 5.93. The first kappa shape index (κ1) is 11.2. The average Bonchev–Trinajstić information content (AvgIpc) is 2.33. The second-order valence-corrected chi connectivity index (χ2v) is 4.75. The molecule has 0 fully saturated rings. The van der Waals surface area contributed by atoms with Gasteiger partial charge in [0, 0.05) is 23.9 Å². The van der Waals surface area contributed by atoms with Gasteiger partial charge in [-0.1, -0.05) is 13.0 Å². The van der Waals surface area contributed by atoms with Crippen LogP contribution >= 0.6 is 11.9 Å². The molecule has 0 amide bonds. The van der Waals surface area contributed by atoms with Crippen LogP contribution in [0, 0.1) is 0 Å². The third-order valence-corrected chi connectivity index (χ3v) is 3.14. The molecular formula is C12H15N3S. The standard InChI is InChI=1S/C12H15N3S/c1-3-16-15-9-7-10(2)14-12(15)11-6-4-5-8-13-11/h4-9,12H,3H2,1-2H3. The number of nitrogens with zero attached hydrogens (tertiary/aromatic N) is 3. The van der Waals surface area contributed by atoms with Gasteiger partial charge in [-0.3, -0.25) is 14.3 Å². The van der Waals surface area contributed by atoms with Crippen molar-refractivity contribution in [2.75, 3.05) is 5.75 Å². The van der Waals surface area contributed by atoms with Crippen molar-refractivity contribution in [3.8, 4) is 0 Å². The second kappa shape index (κ2) is 5.16. The maximum Gasteiger partial charge on any atom is 0.173 e. The van der Waals surface area contributed by atoms with Gasteiger partial charge in [-0.2, -0.15) is 0 Å². The third kappa shape index (κ3) is 2.44. The lowest BCUT2D eigenvalue weighted by atomic mass is 10.2. The summed E-state index contributed by atoms with van der Waals surface area (Å²) in [6, 6.07) is 5.94. The van der Waals surface area contributed by atoms with Gasteiger partial charge in [0.2, 0.25) is 0 Å². The minimum atomic E-state index is 0.0103. The Balaban J connectivity index is 2.26. The third-order valence-electron chi connectivity index (χ3n) is 2.26. The Morgan fingerprint density at radius 2 is 2.31 bits per heavy atom. The molecule has 2 heterocycles. The van der Waals surface area contributed by atoms with Crippen molar-refractivity contribution in [2.45, 2.75) is 20.0 Å². The fourth-order valence-corrected chi connectivity index (χ4v) is 2.28. The summed E-state index contributed by atoms with van der Waals surface area (Å²) in [7, 11) is 0. The van der Waals surface area contributed by atoms with Crippen LogP contribution < -0.4 is 0 Å². The Morgan fingerprint density at radius 1 is 1.44 bits per heavy atom. The molecule has 84 valence electrons. The first-order chi connectivity index (χ1) is 7.81. The summed E-state index contributed by atoms with van der Waals surface area (Å²) in [5, 5.41) is 0. The largest absolute Gasteiger partial charge is 0.294 e. The van der Waals surface area contributed by atoms with E-state index < -0.39 is 0 Å². The molecule has 16 heavy (non-hydrogen) atoms. The maximum atomic E-state index is 4.62. The SMILES string of the molecule is CCSN1C=CC(C)=NC1c1ccccn1. The molecule has 1 atom stereocenters. The summed E-state index contributed by atoms with van der Waals surface area (Å²) < 4.78 is 2.15. The molecular weight excluding hydrogens is 218 g/mol. The summed E-state index contributed by atoms with van der Waals surface area (Å²) in [4.78, 5) is 9.00. The van der Waals surface area contributed by atoms with Crippen LogP contribution in [0.2, 0.25) is 0 Å². The zero-order valence-corrected chi connectivity index (χ0v) is 10.3. The first-order valence-electron chi connectivity index (χ1n) is 5.36. The van der Waals surface area contributed by atoms with E-state index >= 15 is 0 Å². The van der Waals surface area contributed by atoms with E-state index in [-0.39, 0.29) is 6.17 Å². The quantitative estimate of drug-likeness (QED) is 0.751. The highest BCUT2D eigenvalue weighted by atomic mass is 32.2. The highest BCUT2D eigenvalue weighted by Crippen LogP contribution is 2.30. The highest BCUT2D eigenvalue weighted by Gasteiger charge is 2.20. The van der Waals surface area contributed by atoms with E-state index in [4.69, 9.17) is 0 Å². The Bertz CT molecular complexity index is 400. The van der Waals surface area contributed by atoms with Gasteiger partial charge in [-0.15, -0.1) is 0 Å². The molecule has 0 aromatic carbocycles. The molecule has 1 aromatic heterocycles. The van der Waals surface area contributed by atoms with Crippen LogP contribution in [0.1, 0.15) is 25.7 Å². The number of allylic oxidation sites excluding steroid dienone is 1. The fourth-order valence-electron chi connectivity index (χ4n) is 1.54. The monoisotopic (exact) mass is 233 g/mol. The second-order valence-electron chi connectivity index (χ2n) is 3.49. The van der Waals surface area contributed by atoms with E-state index in [1.54, 1.807) is 11.9 Å². The number of pyridine rings is 1. The van der Waals surface area contributed by atoms with E-state index in [1.807, 2.05) is 37.4 Å². The smallest absolute Gasteiger partial charge is 0.173 e. The number of hydrogen-bond acceptors (Lipinski definition) is 4. The van der Waals surface area contributed by atoms with Gasteiger partial charge in [0.15, 0.2) is 6.17 Å². The molecule has 2 rings (SSSR count). The van der Waals surface area contributed by atoms with Crippen molar-refractivity contribution in [2.24, 2.45) is 4.99 Å². The number of hydrogen-bond donors (Lipinski definition) is 0. The molecule has 4 heteroatoms. The minimum Gasteiger partial charge on any atom is -0.294 e. The summed E-state index contributed by atoms with van der Waals surface area (Å²) in [5.74, 6) is 1.03. The van der Waals surface area contributed by atoms with Crippen molar-refractivity contribution >= 4 is 17.7 Å². The molecule has 1 aliphatic heterocycles. The predicted octanol–water partition coefficient (Wildman–Crippen LogP) is 3.04. The molecule has 1 unspecified atom stereocenters. The van der Waals surface area contributed by atoms with E-state index in [0.29, 0.717) is 0 Å². The molecule has 0 N–H and O–H groups in total. The predicted molar refractivity (Wildman–Crippen MR) is 69.2 cm³/mol. The average molecular weight is 233 g/mol. The van der Waals surface area contributed by atoms with Gasteiger partial charge in [-0.05, 0) is 37.1 Å². The number of aromatic nitrogens is 1. The lowest BCUT2D eigenvalue weighted by Gasteiger charge is -2.28. The lowest BCUT2D eigenvalue weighted by molar-refractivity contribution is 0.459. The van der Waals surface area contributed by atoms with E-state index in [1.165, 1.54) is 0 Å². The van der Waals surface area contributed by atoms with Gasteiger partial charge in [0.1, 0.15) is 0 Å². The molecule has 0 bridgehead atoms. The highest BCUT2D eigenvalue weighted by molar-refractivity contribution is 7.97. The van der Waals surface area contributed by atoms with Crippen LogP contribution in [0.3, 0.4) is 0 Å². The van der Waals surface area contributed by atoms with E-state index in [9.17, 15) is 0 Å². The zero-order valence-electron chi connectivity index (χ0n) is 9.50. The van der Waals surface area contributed by atoms with Crippen LogP contribution in [0.5, 0.6) is 0 Å². The summed E-state index contributed by atoms with van der Waals surface area (Å²) in [5.41, 5.74) is 2.04. The molecule has 3 nitrogen and oxygen atoms in total. The summed E-state index contributed by atoms with van der Waals surface area (Å²) in [6.45, 7) is 4.15. The molecule has 0 saturated carbocycles. The minimum absolute atomic E-state index is 0.0103. The fraction of sp³-hybridized carbons (Fsp3) is 0.333. The van der Waals surface area contributed by atoms with Crippen LogP contribution in [0.15, 0.2) is 41.7 Å². The number of aliphatic imine (C=N–C) groups is 1. The van der Waals surface area contributed by atoms with Crippen LogP contribution in [0.4, 0.5) is 0 Å². The van der Waals surface area contributed by atoms with Crippen molar-refractivity contribution in [1.82, 2.24) is 9.29 Å². The van der Waals surface area contributed by atoms with Gasteiger partial charge >= 0.3 is 0 Å².